The van der Waals surface area contributed by atoms with Gasteiger partial charge < -0.3 is 10.6 Å². The molecule has 0 unspecified atom stereocenters. The first-order chi connectivity index (χ1) is 17.0. The molecule has 10 heteroatoms. The number of hydrogen-bond donors (Lipinski definition) is 2. The first-order valence-corrected chi connectivity index (χ1v) is 13.6. The molecule has 3 aromatic heterocycles. The molecule has 6 rings (SSSR count). The summed E-state index contributed by atoms with van der Waals surface area (Å²) in [5, 5.41) is 8.06. The van der Waals surface area contributed by atoms with Crippen LogP contribution >= 0.6 is 22.9 Å². The van der Waals surface area contributed by atoms with Gasteiger partial charge in [0.2, 0.25) is 11.1 Å². The van der Waals surface area contributed by atoms with E-state index in [-0.39, 0.29) is 22.6 Å². The van der Waals surface area contributed by atoms with Crippen LogP contribution in [0.5, 0.6) is 0 Å². The summed E-state index contributed by atoms with van der Waals surface area (Å²) in [6.45, 7) is 11.6. The normalized spacial score (nSPS) is 17.4. The van der Waals surface area contributed by atoms with E-state index in [2.05, 4.69) is 68.4 Å². The lowest BCUT2D eigenvalue weighted by Crippen LogP contribution is -2.42. The SMILES string of the molecule is CC(C)(C)c1nc(-n2c3nc(Nc4ccc5c(c4)CCNC5(C)C)ncc3c(=O)n2C2CC2)sc1Cl. The number of anilines is 2. The number of hydrogen-bond acceptors (Lipinski definition) is 7. The van der Waals surface area contributed by atoms with Gasteiger partial charge in [-0.1, -0.05) is 49.8 Å². The first-order valence-electron chi connectivity index (χ1n) is 12.4. The molecule has 2 aliphatic rings. The van der Waals surface area contributed by atoms with Crippen LogP contribution in [0, 0.1) is 0 Å². The molecule has 0 radical (unpaired) electrons. The van der Waals surface area contributed by atoms with Crippen molar-refractivity contribution < 1.29 is 0 Å². The van der Waals surface area contributed by atoms with Crippen LogP contribution in [-0.4, -0.2) is 30.9 Å². The molecule has 8 nitrogen and oxygen atoms in total. The zero-order valence-electron chi connectivity index (χ0n) is 21.1. The number of aromatic nitrogens is 5. The van der Waals surface area contributed by atoms with Crippen molar-refractivity contribution in [3.63, 3.8) is 0 Å². The quantitative estimate of drug-likeness (QED) is 0.370. The lowest BCUT2D eigenvalue weighted by Gasteiger charge is -2.34. The Morgan fingerprint density at radius 2 is 2.00 bits per heavy atom. The highest BCUT2D eigenvalue weighted by molar-refractivity contribution is 7.18. The Morgan fingerprint density at radius 1 is 1.22 bits per heavy atom. The van der Waals surface area contributed by atoms with Crippen LogP contribution in [-0.2, 0) is 17.4 Å². The molecule has 0 atom stereocenters. The Balaban J connectivity index is 1.45. The van der Waals surface area contributed by atoms with E-state index in [0.717, 1.165) is 37.2 Å². The summed E-state index contributed by atoms with van der Waals surface area (Å²) in [5.74, 6) is 0.441. The largest absolute Gasteiger partial charge is 0.324 e. The van der Waals surface area contributed by atoms with Gasteiger partial charge >= 0.3 is 0 Å². The minimum Gasteiger partial charge on any atom is -0.324 e. The van der Waals surface area contributed by atoms with Crippen molar-refractivity contribution in [3.05, 3.63) is 55.9 Å². The van der Waals surface area contributed by atoms with Crippen LogP contribution < -0.4 is 16.2 Å². The molecular weight excluding hydrogens is 494 g/mol. The van der Waals surface area contributed by atoms with Crippen molar-refractivity contribution in [2.45, 2.75) is 70.9 Å². The molecule has 0 spiro atoms. The van der Waals surface area contributed by atoms with Gasteiger partial charge in [-0.3, -0.25) is 4.79 Å². The van der Waals surface area contributed by atoms with Crippen LogP contribution in [0.3, 0.4) is 0 Å². The van der Waals surface area contributed by atoms with Crippen LogP contribution in [0.1, 0.15) is 70.3 Å². The van der Waals surface area contributed by atoms with Crippen LogP contribution in [0.4, 0.5) is 11.6 Å². The fraction of sp³-hybridized carbons (Fsp3) is 0.462. The van der Waals surface area contributed by atoms with E-state index in [1.165, 1.54) is 22.5 Å². The van der Waals surface area contributed by atoms with E-state index in [9.17, 15) is 4.79 Å². The Hall–Kier alpha value is -2.75. The standard InChI is InChI=1S/C26H30ClN7OS/c1-25(2,3)19-20(27)36-24(31-19)34-21-17(22(35)33(34)16-7-8-16)13-28-23(32-21)30-15-6-9-18-14(12-15)10-11-29-26(18,4)5/h6,9,12-13,16,29H,7-8,10-11H2,1-5H3,(H,28,30,32). The zero-order chi connectivity index (χ0) is 25.4. The van der Waals surface area contributed by atoms with Gasteiger partial charge in [-0.25, -0.2) is 19.3 Å². The van der Waals surface area contributed by atoms with Crippen LogP contribution in [0.25, 0.3) is 16.2 Å². The van der Waals surface area contributed by atoms with Gasteiger partial charge in [0.1, 0.15) is 9.72 Å². The third-order valence-electron chi connectivity index (χ3n) is 6.98. The molecule has 2 N–H and O–H groups in total. The van der Waals surface area contributed by atoms with Crippen LogP contribution in [0.2, 0.25) is 4.34 Å². The lowest BCUT2D eigenvalue weighted by molar-refractivity contribution is 0.382. The average Bonchev–Trinajstić information content (AvgIpc) is 3.49. The number of benzene rings is 1. The van der Waals surface area contributed by atoms with Crippen molar-refractivity contribution in [1.29, 1.82) is 0 Å². The molecule has 1 aliphatic carbocycles. The molecule has 1 aliphatic heterocycles. The van der Waals surface area contributed by atoms with E-state index in [1.54, 1.807) is 10.9 Å². The Kier molecular flexibility index (Phi) is 5.34. The van der Waals surface area contributed by atoms with Gasteiger partial charge in [-0.05, 0) is 62.9 Å². The molecule has 4 heterocycles. The molecule has 0 bridgehead atoms. The fourth-order valence-electron chi connectivity index (χ4n) is 4.96. The van der Waals surface area contributed by atoms with Crippen molar-refractivity contribution in [3.8, 4) is 5.13 Å². The molecule has 0 saturated heterocycles. The summed E-state index contributed by atoms with van der Waals surface area (Å²) in [4.78, 5) is 27.5. The highest BCUT2D eigenvalue weighted by atomic mass is 35.5. The molecular formula is C26H30ClN7OS. The first kappa shape index (κ1) is 23.6. The third-order valence-corrected chi connectivity index (χ3v) is 8.21. The molecule has 1 saturated carbocycles. The molecule has 188 valence electrons. The van der Waals surface area contributed by atoms with E-state index < -0.39 is 0 Å². The van der Waals surface area contributed by atoms with Gasteiger partial charge in [0, 0.05) is 22.8 Å². The average molecular weight is 524 g/mol. The molecule has 1 fully saturated rings. The monoisotopic (exact) mass is 523 g/mol. The van der Waals surface area contributed by atoms with E-state index >= 15 is 0 Å². The summed E-state index contributed by atoms with van der Waals surface area (Å²) in [7, 11) is 0. The molecule has 0 amide bonds. The lowest BCUT2D eigenvalue weighted by atomic mass is 9.85. The van der Waals surface area contributed by atoms with Crippen LogP contribution in [0.15, 0.2) is 29.2 Å². The number of fused-ring (bicyclic) bond motifs is 2. The van der Waals surface area contributed by atoms with Gasteiger partial charge in [0.25, 0.3) is 5.56 Å². The molecule has 4 aromatic rings. The summed E-state index contributed by atoms with van der Waals surface area (Å²) in [6, 6.07) is 6.53. The number of nitrogens with zero attached hydrogens (tertiary/aromatic N) is 5. The number of nitrogens with one attached hydrogen (secondary N) is 2. The van der Waals surface area contributed by atoms with Crippen molar-refractivity contribution in [2.75, 3.05) is 11.9 Å². The number of thiazole rings is 1. The highest BCUT2D eigenvalue weighted by Crippen LogP contribution is 2.39. The highest BCUT2D eigenvalue weighted by Gasteiger charge is 2.33. The van der Waals surface area contributed by atoms with Gasteiger partial charge in [-0.2, -0.15) is 4.98 Å². The zero-order valence-corrected chi connectivity index (χ0v) is 22.7. The maximum absolute atomic E-state index is 13.4. The number of rotatable bonds is 4. The van der Waals surface area contributed by atoms with Gasteiger partial charge in [0.15, 0.2) is 5.65 Å². The van der Waals surface area contributed by atoms with E-state index in [0.29, 0.717) is 26.4 Å². The van der Waals surface area contributed by atoms with Crippen molar-refractivity contribution in [2.24, 2.45) is 0 Å². The Bertz CT molecular complexity index is 1550. The topological polar surface area (TPSA) is 89.7 Å². The van der Waals surface area contributed by atoms with Crippen molar-refractivity contribution >= 4 is 45.6 Å². The van der Waals surface area contributed by atoms with Crippen molar-refractivity contribution in [1.82, 2.24) is 29.6 Å². The summed E-state index contributed by atoms with van der Waals surface area (Å²) in [5.41, 5.74) is 4.55. The maximum atomic E-state index is 13.4. The molecule has 36 heavy (non-hydrogen) atoms. The minimum absolute atomic E-state index is 0.0514. The molecule has 1 aromatic carbocycles. The Morgan fingerprint density at radius 3 is 2.69 bits per heavy atom. The Labute approximate surface area is 218 Å². The van der Waals surface area contributed by atoms with Gasteiger partial charge in [0.05, 0.1) is 11.7 Å². The van der Waals surface area contributed by atoms with E-state index in [1.807, 2.05) is 4.68 Å². The summed E-state index contributed by atoms with van der Waals surface area (Å²) >= 11 is 7.99. The summed E-state index contributed by atoms with van der Waals surface area (Å²) in [6.07, 6.45) is 4.51. The summed E-state index contributed by atoms with van der Waals surface area (Å²) < 4.78 is 4.25. The predicted octanol–water partition coefficient (Wildman–Crippen LogP) is 5.45. The second-order valence-corrected chi connectivity index (χ2v) is 12.9. The third kappa shape index (κ3) is 3.93. The smallest absolute Gasteiger partial charge is 0.278 e. The predicted molar refractivity (Wildman–Crippen MR) is 145 cm³/mol. The fourth-order valence-corrected chi connectivity index (χ4v) is 6.50. The second kappa shape index (κ2) is 8.13. The maximum Gasteiger partial charge on any atom is 0.278 e. The minimum atomic E-state index is -0.211. The number of halogens is 1. The second-order valence-electron chi connectivity index (χ2n) is 11.3. The van der Waals surface area contributed by atoms with Gasteiger partial charge in [-0.15, -0.1) is 0 Å². The van der Waals surface area contributed by atoms with E-state index in [4.69, 9.17) is 21.6 Å².